The van der Waals surface area contributed by atoms with E-state index in [4.69, 9.17) is 5.26 Å². The maximum absolute atomic E-state index is 8.71. The van der Waals surface area contributed by atoms with Crippen molar-refractivity contribution in [2.75, 3.05) is 13.1 Å². The van der Waals surface area contributed by atoms with Crippen molar-refractivity contribution in [2.45, 2.75) is 19.8 Å². The van der Waals surface area contributed by atoms with Gasteiger partial charge in [0, 0.05) is 0 Å². The molecule has 1 unspecified atom stereocenters. The van der Waals surface area contributed by atoms with E-state index in [1.807, 2.05) is 0 Å². The molecule has 1 saturated heterocycles. The molecular weight excluding hydrogens is 124 g/mol. The van der Waals surface area contributed by atoms with Crippen LogP contribution in [0.3, 0.4) is 0 Å². The summed E-state index contributed by atoms with van der Waals surface area (Å²) in [5.74, 6) is 0.907. The largest absolute Gasteiger partial charge is 0.316 e. The third-order valence-corrected chi connectivity index (χ3v) is 2.30. The Hall–Kier alpha value is -0.550. The lowest BCUT2D eigenvalue weighted by Crippen LogP contribution is -2.35. The van der Waals surface area contributed by atoms with Crippen molar-refractivity contribution in [3.8, 4) is 6.07 Å². The van der Waals surface area contributed by atoms with Gasteiger partial charge in [0.05, 0.1) is 12.0 Å². The summed E-state index contributed by atoms with van der Waals surface area (Å²) in [5, 5.41) is 12.0. The summed E-state index contributed by atoms with van der Waals surface area (Å²) < 4.78 is 0. The lowest BCUT2D eigenvalue weighted by molar-refractivity contribution is 0.301. The SMILES string of the molecule is CC[C@@H]1CNCCC1C#N. The maximum atomic E-state index is 8.71. The highest BCUT2D eigenvalue weighted by atomic mass is 14.9. The van der Waals surface area contributed by atoms with Gasteiger partial charge in [0.2, 0.25) is 0 Å². The van der Waals surface area contributed by atoms with Crippen LogP contribution in [0.2, 0.25) is 0 Å². The number of nitrogens with one attached hydrogen (secondary N) is 1. The van der Waals surface area contributed by atoms with Gasteiger partial charge in [0.15, 0.2) is 0 Å². The van der Waals surface area contributed by atoms with Gasteiger partial charge in [0.25, 0.3) is 0 Å². The Morgan fingerprint density at radius 3 is 3.00 bits per heavy atom. The van der Waals surface area contributed by atoms with E-state index in [0.29, 0.717) is 11.8 Å². The average Bonchev–Trinajstić information content (AvgIpc) is 2.04. The molecule has 1 fully saturated rings. The van der Waals surface area contributed by atoms with E-state index >= 15 is 0 Å². The highest BCUT2D eigenvalue weighted by molar-refractivity contribution is 4.91. The van der Waals surface area contributed by atoms with E-state index in [1.165, 1.54) is 0 Å². The van der Waals surface area contributed by atoms with Crippen LogP contribution in [-0.4, -0.2) is 13.1 Å². The van der Waals surface area contributed by atoms with Crippen LogP contribution in [0.1, 0.15) is 19.8 Å². The van der Waals surface area contributed by atoms with Crippen molar-refractivity contribution >= 4 is 0 Å². The van der Waals surface area contributed by atoms with E-state index in [2.05, 4.69) is 18.3 Å². The molecule has 1 rings (SSSR count). The number of nitrogens with zero attached hydrogens (tertiary/aromatic N) is 1. The van der Waals surface area contributed by atoms with Crippen LogP contribution in [0, 0.1) is 23.2 Å². The van der Waals surface area contributed by atoms with Crippen molar-refractivity contribution in [1.82, 2.24) is 5.32 Å². The Labute approximate surface area is 62.2 Å². The highest BCUT2D eigenvalue weighted by Gasteiger charge is 2.22. The molecule has 0 radical (unpaired) electrons. The van der Waals surface area contributed by atoms with E-state index in [1.54, 1.807) is 0 Å². The second kappa shape index (κ2) is 3.58. The lowest BCUT2D eigenvalue weighted by Gasteiger charge is -2.26. The fourth-order valence-electron chi connectivity index (χ4n) is 1.52. The molecule has 0 aromatic carbocycles. The van der Waals surface area contributed by atoms with E-state index in [0.717, 1.165) is 25.9 Å². The molecule has 0 saturated carbocycles. The van der Waals surface area contributed by atoms with Crippen LogP contribution in [0.5, 0.6) is 0 Å². The quantitative estimate of drug-likeness (QED) is 0.590. The van der Waals surface area contributed by atoms with Crippen LogP contribution < -0.4 is 5.32 Å². The van der Waals surface area contributed by atoms with Gasteiger partial charge in [-0.05, 0) is 25.4 Å². The second-order valence-corrected chi connectivity index (χ2v) is 2.90. The summed E-state index contributed by atoms with van der Waals surface area (Å²) in [6.45, 7) is 4.21. The van der Waals surface area contributed by atoms with Crippen molar-refractivity contribution in [3.63, 3.8) is 0 Å². The fraction of sp³-hybridized carbons (Fsp3) is 0.875. The predicted molar refractivity (Wildman–Crippen MR) is 40.4 cm³/mol. The molecule has 0 amide bonds. The van der Waals surface area contributed by atoms with Crippen LogP contribution in [0.15, 0.2) is 0 Å². The number of rotatable bonds is 1. The molecule has 0 aromatic rings. The normalized spacial score (nSPS) is 33.2. The topological polar surface area (TPSA) is 35.8 Å². The molecule has 0 aromatic heterocycles. The minimum absolute atomic E-state index is 0.311. The monoisotopic (exact) mass is 138 g/mol. The molecule has 56 valence electrons. The minimum Gasteiger partial charge on any atom is -0.316 e. The summed E-state index contributed by atoms with van der Waals surface area (Å²) >= 11 is 0. The lowest BCUT2D eigenvalue weighted by atomic mass is 9.86. The molecule has 2 heteroatoms. The number of hydrogen-bond donors (Lipinski definition) is 1. The first kappa shape index (κ1) is 7.56. The van der Waals surface area contributed by atoms with Crippen LogP contribution in [-0.2, 0) is 0 Å². The first-order valence-corrected chi connectivity index (χ1v) is 3.98. The molecule has 2 atom stereocenters. The fourth-order valence-corrected chi connectivity index (χ4v) is 1.52. The number of hydrogen-bond acceptors (Lipinski definition) is 2. The Bertz CT molecular complexity index is 137. The molecule has 1 N–H and O–H groups in total. The van der Waals surface area contributed by atoms with Crippen LogP contribution in [0.25, 0.3) is 0 Å². The Kier molecular flexibility index (Phi) is 2.70. The van der Waals surface area contributed by atoms with Crippen LogP contribution in [0.4, 0.5) is 0 Å². The predicted octanol–water partition coefficient (Wildman–Crippen LogP) is 1.15. The molecule has 1 aliphatic heterocycles. The second-order valence-electron chi connectivity index (χ2n) is 2.90. The van der Waals surface area contributed by atoms with E-state index in [-0.39, 0.29) is 0 Å². The zero-order valence-corrected chi connectivity index (χ0v) is 6.43. The molecule has 1 aliphatic rings. The zero-order chi connectivity index (χ0) is 7.40. The van der Waals surface area contributed by atoms with Crippen molar-refractivity contribution in [1.29, 1.82) is 5.26 Å². The van der Waals surface area contributed by atoms with Gasteiger partial charge in [-0.15, -0.1) is 0 Å². The Morgan fingerprint density at radius 1 is 1.70 bits per heavy atom. The summed E-state index contributed by atoms with van der Waals surface area (Å²) in [7, 11) is 0. The van der Waals surface area contributed by atoms with E-state index < -0.39 is 0 Å². The third kappa shape index (κ3) is 1.48. The van der Waals surface area contributed by atoms with Crippen LogP contribution >= 0.6 is 0 Å². The average molecular weight is 138 g/mol. The smallest absolute Gasteiger partial charge is 0.0659 e. The first-order valence-electron chi connectivity index (χ1n) is 3.98. The summed E-state index contributed by atoms with van der Waals surface area (Å²) in [6, 6.07) is 2.36. The van der Waals surface area contributed by atoms with Gasteiger partial charge < -0.3 is 5.32 Å². The van der Waals surface area contributed by atoms with E-state index in [9.17, 15) is 0 Å². The Morgan fingerprint density at radius 2 is 2.50 bits per heavy atom. The van der Waals surface area contributed by atoms with Gasteiger partial charge in [-0.25, -0.2) is 0 Å². The Balaban J connectivity index is 2.44. The van der Waals surface area contributed by atoms with Gasteiger partial charge >= 0.3 is 0 Å². The standard InChI is InChI=1S/C8H14N2/c1-2-7-6-10-4-3-8(7)5-9/h7-8,10H,2-4,6H2,1H3/t7-,8?/m1/s1. The third-order valence-electron chi connectivity index (χ3n) is 2.30. The minimum atomic E-state index is 0.311. The molecular formula is C8H14N2. The molecule has 2 nitrogen and oxygen atoms in total. The molecule has 0 spiro atoms. The number of nitriles is 1. The first-order chi connectivity index (χ1) is 4.88. The summed E-state index contributed by atoms with van der Waals surface area (Å²) in [6.07, 6.45) is 2.17. The van der Waals surface area contributed by atoms with Gasteiger partial charge in [0.1, 0.15) is 0 Å². The molecule has 10 heavy (non-hydrogen) atoms. The maximum Gasteiger partial charge on any atom is 0.0659 e. The van der Waals surface area contributed by atoms with Gasteiger partial charge in [-0.2, -0.15) is 5.26 Å². The zero-order valence-electron chi connectivity index (χ0n) is 6.43. The summed E-state index contributed by atoms with van der Waals surface area (Å²) in [4.78, 5) is 0. The molecule has 0 bridgehead atoms. The van der Waals surface area contributed by atoms with Gasteiger partial charge in [-0.1, -0.05) is 13.3 Å². The molecule has 1 heterocycles. The van der Waals surface area contributed by atoms with Crippen molar-refractivity contribution < 1.29 is 0 Å². The van der Waals surface area contributed by atoms with Gasteiger partial charge in [-0.3, -0.25) is 0 Å². The molecule has 0 aliphatic carbocycles. The van der Waals surface area contributed by atoms with Crippen molar-refractivity contribution in [2.24, 2.45) is 11.8 Å². The van der Waals surface area contributed by atoms with Crippen molar-refractivity contribution in [3.05, 3.63) is 0 Å². The highest BCUT2D eigenvalue weighted by Crippen LogP contribution is 2.20. The number of piperidine rings is 1. The summed E-state index contributed by atoms with van der Waals surface area (Å²) in [5.41, 5.74) is 0.